The van der Waals surface area contributed by atoms with Crippen LogP contribution in [0.25, 0.3) is 0 Å². The summed E-state index contributed by atoms with van der Waals surface area (Å²) < 4.78 is 35.3. The first-order chi connectivity index (χ1) is 35.6. The van der Waals surface area contributed by atoms with Crippen LogP contribution < -0.4 is 14.2 Å². The Morgan fingerprint density at radius 3 is 1.05 bits per heavy atom. The molecule has 0 radical (unpaired) electrons. The van der Waals surface area contributed by atoms with Crippen LogP contribution in [-0.4, -0.2) is 56.6 Å². The molecule has 0 amide bonds. The van der Waals surface area contributed by atoms with Crippen LogP contribution in [0.4, 0.5) is 9.59 Å². The highest BCUT2D eigenvalue weighted by Crippen LogP contribution is 2.18. The Morgan fingerprint density at radius 2 is 0.712 bits per heavy atom. The van der Waals surface area contributed by atoms with E-state index in [0.717, 1.165) is 47.2 Å². The van der Waals surface area contributed by atoms with Crippen molar-refractivity contribution >= 4 is 30.2 Å². The van der Waals surface area contributed by atoms with Gasteiger partial charge in [-0.25, -0.2) is 24.0 Å². The van der Waals surface area contributed by atoms with Crippen LogP contribution in [-0.2, 0) is 41.4 Å². The van der Waals surface area contributed by atoms with Crippen molar-refractivity contribution in [2.75, 3.05) is 26.4 Å². The van der Waals surface area contributed by atoms with Crippen molar-refractivity contribution in [1.29, 1.82) is 0 Å². The van der Waals surface area contributed by atoms with Gasteiger partial charge >= 0.3 is 30.2 Å². The zero-order valence-electron chi connectivity index (χ0n) is 41.8. The number of hydrogen-bond acceptors (Lipinski definition) is 12. The molecule has 0 bridgehead atoms. The third-order valence-corrected chi connectivity index (χ3v) is 10.5. The highest BCUT2D eigenvalue weighted by molar-refractivity contribution is 5.91. The number of unbranched alkanes of at least 4 members (excludes halogenated alkanes) is 6. The summed E-state index contributed by atoms with van der Waals surface area (Å²) in [5.41, 5.74) is 6.51. The van der Waals surface area contributed by atoms with Crippen LogP contribution in [0.1, 0.15) is 122 Å². The monoisotopic (exact) mass is 988 g/mol. The van der Waals surface area contributed by atoms with E-state index in [1.807, 2.05) is 24.3 Å². The lowest BCUT2D eigenvalue weighted by Gasteiger charge is -2.07. The molecule has 0 aliphatic carbocycles. The molecular formula is C61H64O12. The molecule has 5 aromatic carbocycles. The van der Waals surface area contributed by atoms with Crippen molar-refractivity contribution in [3.8, 4) is 40.9 Å². The summed E-state index contributed by atoms with van der Waals surface area (Å²) in [7, 11) is 0. The first kappa shape index (κ1) is 57.2. The lowest BCUT2D eigenvalue weighted by atomic mass is 10.1. The largest absolute Gasteiger partial charge is 0.513 e. The minimum atomic E-state index is -0.869. The van der Waals surface area contributed by atoms with Gasteiger partial charge in [-0.05, 0) is 160 Å². The third kappa shape index (κ3) is 24.4. The quantitative estimate of drug-likeness (QED) is 0.0110. The highest BCUT2D eigenvalue weighted by Gasteiger charge is 2.12. The Morgan fingerprint density at radius 1 is 0.397 bits per heavy atom. The van der Waals surface area contributed by atoms with Crippen LogP contribution in [0.2, 0.25) is 0 Å². The molecule has 0 saturated carbocycles. The van der Waals surface area contributed by atoms with Crippen molar-refractivity contribution in [1.82, 2.24) is 0 Å². The lowest BCUT2D eigenvalue weighted by molar-refractivity contribution is -0.138. The van der Waals surface area contributed by atoms with E-state index < -0.39 is 30.2 Å². The average Bonchev–Trinajstić information content (AvgIpc) is 3.41. The second-order valence-corrected chi connectivity index (χ2v) is 16.3. The molecule has 0 unspecified atom stereocenters. The lowest BCUT2D eigenvalue weighted by Crippen LogP contribution is -2.12. The highest BCUT2D eigenvalue weighted by atomic mass is 16.7. The van der Waals surface area contributed by atoms with E-state index in [1.54, 1.807) is 48.5 Å². The number of hydrogen-bond donors (Lipinski definition) is 0. The molecule has 12 nitrogen and oxygen atoms in total. The maximum atomic E-state index is 12.5. The number of aryl methyl sites for hydroxylation is 2. The number of benzene rings is 5. The minimum absolute atomic E-state index is 0.117. The fourth-order valence-corrected chi connectivity index (χ4v) is 6.43. The summed E-state index contributed by atoms with van der Waals surface area (Å²) in [4.78, 5) is 57.9. The molecule has 12 heteroatoms. The SMILES string of the molecule is C=CC(=O)OCCCCOC(=O)Oc1ccc(C#Cc2ccc(CCCCC)cc2)cc1.C=CC(=O)OCCCCOC(=O)Oc1ccc(C(=O)Oc2ccc(C#Cc3ccc(CCCCC)cc3)cc2)cc1. The number of rotatable bonds is 24. The molecule has 0 saturated heterocycles. The van der Waals surface area contributed by atoms with Crippen LogP contribution in [0.5, 0.6) is 17.2 Å². The molecule has 5 rings (SSSR count). The minimum Gasteiger partial charge on any atom is -0.463 e. The van der Waals surface area contributed by atoms with Gasteiger partial charge in [0.05, 0.1) is 32.0 Å². The van der Waals surface area contributed by atoms with Crippen molar-refractivity contribution < 1.29 is 57.1 Å². The Labute approximate surface area is 429 Å². The molecule has 0 N–H and O–H groups in total. The number of carbonyl (C=O) groups is 5. The smallest absolute Gasteiger partial charge is 0.463 e. The Bertz CT molecular complexity index is 2630. The van der Waals surface area contributed by atoms with Gasteiger partial charge in [0, 0.05) is 34.4 Å². The Kier molecular flexibility index (Phi) is 26.7. The molecule has 0 atom stereocenters. The van der Waals surface area contributed by atoms with Gasteiger partial charge in [-0.3, -0.25) is 0 Å². The van der Waals surface area contributed by atoms with E-state index in [4.69, 9.17) is 33.2 Å². The average molecular weight is 989 g/mol. The zero-order valence-corrected chi connectivity index (χ0v) is 41.8. The van der Waals surface area contributed by atoms with Crippen LogP contribution in [0, 0.1) is 23.7 Å². The molecule has 0 aliphatic rings. The maximum Gasteiger partial charge on any atom is 0.513 e. The summed E-state index contributed by atoms with van der Waals surface area (Å²) in [6.07, 6.45) is 12.3. The number of ether oxygens (including phenoxy) is 7. The van der Waals surface area contributed by atoms with E-state index in [0.29, 0.717) is 42.7 Å². The van der Waals surface area contributed by atoms with E-state index >= 15 is 0 Å². The van der Waals surface area contributed by atoms with Crippen LogP contribution >= 0.6 is 0 Å². The number of esters is 3. The standard InChI is InChI=1S/C34H34O7.C27H30O5/c1-3-5-6-9-26-10-12-27(13-11-26)14-15-28-16-20-30(21-17-28)40-33(36)29-18-22-31(23-19-29)41-34(37)39-25-8-7-24-38-32(35)4-2;1-3-5-6-9-22-10-12-23(13-11-22)14-15-24-16-18-25(19-17-24)32-27(29)31-21-8-7-20-30-26(28)4-2/h4,10-13,16-23H,2-3,5-9,24-25H2,1H3;4,10-13,16-19H,2-3,5-9,20-21H2,1H3. The second-order valence-electron chi connectivity index (χ2n) is 16.3. The first-order valence-corrected chi connectivity index (χ1v) is 24.6. The summed E-state index contributed by atoms with van der Waals surface area (Å²) in [6, 6.07) is 36.6. The maximum absolute atomic E-state index is 12.5. The predicted octanol–water partition coefficient (Wildman–Crippen LogP) is 12.9. The molecule has 0 aromatic heterocycles. The van der Waals surface area contributed by atoms with Crippen LogP contribution in [0.15, 0.2) is 147 Å². The van der Waals surface area contributed by atoms with Crippen molar-refractivity contribution in [3.63, 3.8) is 0 Å². The van der Waals surface area contributed by atoms with Gasteiger partial charge in [-0.15, -0.1) is 0 Å². The van der Waals surface area contributed by atoms with E-state index in [1.165, 1.54) is 73.9 Å². The fraction of sp³-hybridized carbons (Fsp3) is 0.295. The van der Waals surface area contributed by atoms with E-state index in [-0.39, 0.29) is 32.2 Å². The van der Waals surface area contributed by atoms with Gasteiger partial charge in [-0.2, -0.15) is 0 Å². The van der Waals surface area contributed by atoms with E-state index in [9.17, 15) is 24.0 Å². The van der Waals surface area contributed by atoms with Gasteiger partial charge in [0.25, 0.3) is 0 Å². The molecule has 0 spiro atoms. The van der Waals surface area contributed by atoms with Gasteiger partial charge < -0.3 is 33.2 Å². The normalized spacial score (nSPS) is 10.0. The summed E-state index contributed by atoms with van der Waals surface area (Å²) in [5, 5.41) is 0. The van der Waals surface area contributed by atoms with Crippen LogP contribution in [0.3, 0.4) is 0 Å². The molecule has 380 valence electrons. The molecular weight excluding hydrogens is 925 g/mol. The molecule has 0 aliphatic heterocycles. The van der Waals surface area contributed by atoms with Crippen molar-refractivity contribution in [3.05, 3.63) is 186 Å². The second kappa shape index (κ2) is 34.1. The topological polar surface area (TPSA) is 150 Å². The Hall–Kier alpha value is -8.35. The molecule has 0 fully saturated rings. The summed E-state index contributed by atoms with van der Waals surface area (Å²) >= 11 is 0. The zero-order chi connectivity index (χ0) is 52.3. The van der Waals surface area contributed by atoms with Gasteiger partial charge in [0.2, 0.25) is 0 Å². The molecule has 0 heterocycles. The predicted molar refractivity (Wildman–Crippen MR) is 280 cm³/mol. The van der Waals surface area contributed by atoms with Gasteiger partial charge in [0.1, 0.15) is 17.2 Å². The summed E-state index contributed by atoms with van der Waals surface area (Å²) in [5.74, 6) is 12.1. The fourth-order valence-electron chi connectivity index (χ4n) is 6.43. The van der Waals surface area contributed by atoms with Crippen molar-refractivity contribution in [2.45, 2.75) is 90.9 Å². The van der Waals surface area contributed by atoms with E-state index in [2.05, 4.69) is 75.0 Å². The summed E-state index contributed by atoms with van der Waals surface area (Å²) in [6.45, 7) is 11.8. The molecule has 73 heavy (non-hydrogen) atoms. The van der Waals surface area contributed by atoms with Crippen molar-refractivity contribution in [2.24, 2.45) is 0 Å². The molecule has 5 aromatic rings. The van der Waals surface area contributed by atoms with Gasteiger partial charge in [0.15, 0.2) is 0 Å². The number of carbonyl (C=O) groups excluding carboxylic acids is 5. The first-order valence-electron chi connectivity index (χ1n) is 24.6. The van der Waals surface area contributed by atoms with Gasteiger partial charge in [-0.1, -0.05) is 101 Å². The third-order valence-electron chi connectivity index (χ3n) is 10.5. The Balaban J connectivity index is 0.000000327.